The van der Waals surface area contributed by atoms with Crippen molar-refractivity contribution in [2.45, 2.75) is 0 Å². The monoisotopic (exact) mass is 505 g/mol. The molecule has 0 aliphatic rings. The molecule has 3 aromatic carbocycles. The first kappa shape index (κ1) is 20.3. The van der Waals surface area contributed by atoms with Gasteiger partial charge in [-0.25, -0.2) is 4.98 Å². The van der Waals surface area contributed by atoms with Crippen LogP contribution >= 0.6 is 39.1 Å². The van der Waals surface area contributed by atoms with Gasteiger partial charge in [0.1, 0.15) is 11.3 Å². The van der Waals surface area contributed by atoms with E-state index < -0.39 is 4.92 Å². The Bertz CT molecular complexity index is 1340. The second-order valence-corrected chi connectivity index (χ2v) is 7.87. The highest BCUT2D eigenvalue weighted by Crippen LogP contribution is 2.35. The van der Waals surface area contributed by atoms with Crippen molar-refractivity contribution >= 4 is 67.8 Å². The Morgan fingerprint density at radius 3 is 2.73 bits per heavy atom. The first-order valence-corrected chi connectivity index (χ1v) is 9.93. The minimum absolute atomic E-state index is 0.158. The molecule has 0 bridgehead atoms. The predicted octanol–water partition coefficient (Wildman–Crippen LogP) is 6.93. The number of hydrogen-bond donors (Lipinski definition) is 1. The van der Waals surface area contributed by atoms with Crippen molar-refractivity contribution in [3.05, 3.63) is 78.7 Å². The smallest absolute Gasteiger partial charge is 0.271 e. The zero-order valence-corrected chi connectivity index (χ0v) is 17.9. The third kappa shape index (κ3) is 4.02. The summed E-state index contributed by atoms with van der Waals surface area (Å²) in [4.78, 5) is 19.2. The number of aromatic hydroxyl groups is 1. The lowest BCUT2D eigenvalue weighted by Gasteiger charge is -2.03. The van der Waals surface area contributed by atoms with Crippen LogP contribution < -0.4 is 0 Å². The molecule has 0 aliphatic carbocycles. The van der Waals surface area contributed by atoms with Crippen LogP contribution in [0.1, 0.15) is 5.56 Å². The highest BCUT2D eigenvalue weighted by molar-refractivity contribution is 9.10. The lowest BCUT2D eigenvalue weighted by Crippen LogP contribution is -1.91. The van der Waals surface area contributed by atoms with E-state index in [0.29, 0.717) is 38.3 Å². The molecular formula is C20H10BrCl2N3O4. The maximum atomic E-state index is 11.0. The van der Waals surface area contributed by atoms with Gasteiger partial charge in [0.05, 0.1) is 25.7 Å². The highest BCUT2D eigenvalue weighted by Gasteiger charge is 2.15. The van der Waals surface area contributed by atoms with E-state index in [4.69, 9.17) is 27.6 Å². The number of nitro benzene ring substituents is 1. The van der Waals surface area contributed by atoms with E-state index in [2.05, 4.69) is 25.9 Å². The number of non-ortho nitro benzene ring substituents is 1. The molecule has 0 saturated heterocycles. The van der Waals surface area contributed by atoms with Crippen molar-refractivity contribution in [3.63, 3.8) is 0 Å². The van der Waals surface area contributed by atoms with Crippen LogP contribution in [0.3, 0.4) is 0 Å². The molecule has 0 unspecified atom stereocenters. The summed E-state index contributed by atoms with van der Waals surface area (Å²) in [5.41, 5.74) is 2.16. The van der Waals surface area contributed by atoms with Gasteiger partial charge in [0.2, 0.25) is 5.89 Å². The number of rotatable bonds is 4. The van der Waals surface area contributed by atoms with Gasteiger partial charge in [-0.3, -0.25) is 15.1 Å². The molecule has 10 heteroatoms. The summed E-state index contributed by atoms with van der Waals surface area (Å²) in [7, 11) is 0. The SMILES string of the molecule is O=[N+]([O-])c1cc(Br)c(O)c(C=Nc2ccc(Cl)c(-c3nc4cc(Cl)ccc4o3)c2)c1. The molecule has 1 aromatic heterocycles. The summed E-state index contributed by atoms with van der Waals surface area (Å²) in [6.45, 7) is 0. The van der Waals surface area contributed by atoms with Gasteiger partial charge in [0.15, 0.2) is 5.58 Å². The molecule has 0 saturated carbocycles. The van der Waals surface area contributed by atoms with Crippen LogP contribution in [0.2, 0.25) is 10.0 Å². The minimum Gasteiger partial charge on any atom is -0.506 e. The number of halogens is 3. The molecule has 0 spiro atoms. The van der Waals surface area contributed by atoms with Crippen molar-refractivity contribution in [2.75, 3.05) is 0 Å². The normalized spacial score (nSPS) is 11.4. The van der Waals surface area contributed by atoms with Crippen molar-refractivity contribution in [3.8, 4) is 17.2 Å². The number of oxazole rings is 1. The molecule has 0 atom stereocenters. The van der Waals surface area contributed by atoms with E-state index in [9.17, 15) is 15.2 Å². The lowest BCUT2D eigenvalue weighted by molar-refractivity contribution is -0.385. The van der Waals surface area contributed by atoms with Crippen LogP contribution in [0.25, 0.3) is 22.6 Å². The fourth-order valence-electron chi connectivity index (χ4n) is 2.73. The molecular weight excluding hydrogens is 497 g/mol. The van der Waals surface area contributed by atoms with Gasteiger partial charge in [-0.05, 0) is 52.3 Å². The summed E-state index contributed by atoms with van der Waals surface area (Å²) in [5.74, 6) is 0.143. The molecule has 4 rings (SSSR count). The average Bonchev–Trinajstić information content (AvgIpc) is 3.12. The van der Waals surface area contributed by atoms with Gasteiger partial charge < -0.3 is 9.52 Å². The number of nitro groups is 1. The summed E-state index contributed by atoms with van der Waals surface area (Å²) < 4.78 is 5.95. The number of phenolic OH excluding ortho intramolecular Hbond substituents is 1. The van der Waals surface area contributed by atoms with Gasteiger partial charge in [-0.15, -0.1) is 0 Å². The molecule has 1 heterocycles. The molecule has 0 amide bonds. The Balaban J connectivity index is 1.72. The molecule has 4 aromatic rings. The first-order chi connectivity index (χ1) is 14.3. The lowest BCUT2D eigenvalue weighted by atomic mass is 10.2. The molecule has 1 N–H and O–H groups in total. The Kier molecular flexibility index (Phi) is 5.46. The second kappa shape index (κ2) is 8.06. The van der Waals surface area contributed by atoms with Crippen LogP contribution in [0.4, 0.5) is 11.4 Å². The molecule has 150 valence electrons. The van der Waals surface area contributed by atoms with E-state index in [1.165, 1.54) is 18.3 Å². The van der Waals surface area contributed by atoms with Crippen molar-refractivity contribution in [1.29, 1.82) is 0 Å². The fraction of sp³-hybridized carbons (Fsp3) is 0. The number of aromatic nitrogens is 1. The van der Waals surface area contributed by atoms with E-state index in [1.807, 2.05) is 0 Å². The fourth-order valence-corrected chi connectivity index (χ4v) is 3.55. The molecule has 0 aliphatic heterocycles. The van der Waals surface area contributed by atoms with Gasteiger partial charge in [-0.2, -0.15) is 0 Å². The summed E-state index contributed by atoms with van der Waals surface area (Å²) in [6.07, 6.45) is 1.33. The number of nitrogens with zero attached hydrogens (tertiary/aromatic N) is 3. The Hall–Kier alpha value is -2.94. The van der Waals surface area contributed by atoms with Crippen LogP contribution in [0.15, 0.2) is 62.4 Å². The van der Waals surface area contributed by atoms with Crippen molar-refractivity contribution in [2.24, 2.45) is 4.99 Å². The zero-order valence-electron chi connectivity index (χ0n) is 14.8. The summed E-state index contributed by atoms with van der Waals surface area (Å²) in [6, 6.07) is 12.5. The van der Waals surface area contributed by atoms with E-state index >= 15 is 0 Å². The van der Waals surface area contributed by atoms with Crippen molar-refractivity contribution < 1.29 is 14.4 Å². The van der Waals surface area contributed by atoms with E-state index in [0.717, 1.165) is 0 Å². The standard InChI is InChI=1S/C20H10BrCl2N3O4/c21-15-8-13(26(28)29)5-10(19(15)27)9-24-12-2-3-16(23)14(7-12)20-25-17-6-11(22)1-4-18(17)30-20/h1-9,27H. The molecule has 0 fully saturated rings. The number of phenols is 1. The zero-order chi connectivity index (χ0) is 21.4. The van der Waals surface area contributed by atoms with Gasteiger partial charge in [-0.1, -0.05) is 23.2 Å². The quantitative estimate of drug-likeness (QED) is 0.183. The third-order valence-corrected chi connectivity index (χ3v) is 5.34. The van der Waals surface area contributed by atoms with E-state index in [-0.39, 0.29) is 21.5 Å². The third-order valence-electron chi connectivity index (χ3n) is 4.17. The Labute approximate surface area is 187 Å². The predicted molar refractivity (Wildman–Crippen MR) is 119 cm³/mol. The van der Waals surface area contributed by atoms with Crippen LogP contribution in [-0.2, 0) is 0 Å². The largest absolute Gasteiger partial charge is 0.506 e. The summed E-state index contributed by atoms with van der Waals surface area (Å²) >= 11 is 15.4. The number of aliphatic imine (C=N–C) groups is 1. The van der Waals surface area contributed by atoms with Gasteiger partial charge in [0.25, 0.3) is 5.69 Å². The summed E-state index contributed by atoms with van der Waals surface area (Å²) in [5, 5.41) is 22.1. The first-order valence-electron chi connectivity index (χ1n) is 8.39. The number of fused-ring (bicyclic) bond motifs is 1. The van der Waals surface area contributed by atoms with Crippen LogP contribution in [0.5, 0.6) is 5.75 Å². The molecule has 30 heavy (non-hydrogen) atoms. The Morgan fingerprint density at radius 2 is 1.97 bits per heavy atom. The van der Waals surface area contributed by atoms with Crippen LogP contribution in [-0.4, -0.2) is 21.2 Å². The van der Waals surface area contributed by atoms with Crippen LogP contribution in [0, 0.1) is 10.1 Å². The van der Waals surface area contributed by atoms with Crippen molar-refractivity contribution in [1.82, 2.24) is 4.98 Å². The van der Waals surface area contributed by atoms with Gasteiger partial charge in [0, 0.05) is 28.9 Å². The number of hydrogen-bond acceptors (Lipinski definition) is 6. The topological polar surface area (TPSA) is 102 Å². The molecule has 0 radical (unpaired) electrons. The average molecular weight is 507 g/mol. The maximum absolute atomic E-state index is 11.0. The molecule has 7 nitrogen and oxygen atoms in total. The second-order valence-electron chi connectivity index (χ2n) is 6.18. The highest BCUT2D eigenvalue weighted by atomic mass is 79.9. The van der Waals surface area contributed by atoms with Gasteiger partial charge >= 0.3 is 0 Å². The maximum Gasteiger partial charge on any atom is 0.271 e. The number of benzene rings is 3. The van der Waals surface area contributed by atoms with E-state index in [1.54, 1.807) is 36.4 Å². The minimum atomic E-state index is -0.554. The Morgan fingerprint density at radius 1 is 1.17 bits per heavy atom.